The average molecular weight is 308 g/mol. The number of rotatable bonds is 5. The molecule has 0 spiro atoms. The summed E-state index contributed by atoms with van der Waals surface area (Å²) in [6.07, 6.45) is 2.50. The van der Waals surface area contributed by atoms with Crippen molar-refractivity contribution >= 4 is 0 Å². The Morgan fingerprint density at radius 2 is 1.48 bits per heavy atom. The van der Waals surface area contributed by atoms with Gasteiger partial charge in [-0.05, 0) is 44.6 Å². The molecule has 0 N–H and O–H groups in total. The standard InChI is InChI=1S/C21H28N2/c1-22(2)16-17-23-15-9-14-21(18-23,19-10-5-3-6-11-19)20-12-7-4-8-13-20/h3-8,10-13H,9,14-18H2,1-2H3. The van der Waals surface area contributed by atoms with E-state index in [1.165, 1.54) is 30.5 Å². The van der Waals surface area contributed by atoms with Crippen LogP contribution in [0.1, 0.15) is 24.0 Å². The molecule has 1 saturated heterocycles. The van der Waals surface area contributed by atoms with Crippen LogP contribution >= 0.6 is 0 Å². The van der Waals surface area contributed by atoms with Crippen molar-refractivity contribution in [1.29, 1.82) is 0 Å². The van der Waals surface area contributed by atoms with E-state index in [4.69, 9.17) is 0 Å². The molecule has 0 amide bonds. The first-order valence-corrected chi connectivity index (χ1v) is 8.69. The van der Waals surface area contributed by atoms with Gasteiger partial charge >= 0.3 is 0 Å². The molecule has 1 aliphatic rings. The molecule has 0 aliphatic carbocycles. The van der Waals surface area contributed by atoms with Crippen LogP contribution in [0.25, 0.3) is 0 Å². The number of hydrogen-bond donors (Lipinski definition) is 0. The number of nitrogens with zero attached hydrogens (tertiary/aromatic N) is 2. The molecular formula is C21H28N2. The molecule has 2 aromatic carbocycles. The van der Waals surface area contributed by atoms with Crippen molar-refractivity contribution < 1.29 is 0 Å². The van der Waals surface area contributed by atoms with Crippen molar-refractivity contribution in [2.45, 2.75) is 18.3 Å². The van der Waals surface area contributed by atoms with Gasteiger partial charge in [0.15, 0.2) is 0 Å². The first kappa shape index (κ1) is 16.2. The lowest BCUT2D eigenvalue weighted by Crippen LogP contribution is -2.48. The zero-order chi connectivity index (χ0) is 16.1. The molecule has 2 nitrogen and oxygen atoms in total. The Balaban J connectivity index is 1.93. The lowest BCUT2D eigenvalue weighted by atomic mass is 9.69. The third kappa shape index (κ3) is 3.65. The molecule has 1 heterocycles. The fraction of sp³-hybridized carbons (Fsp3) is 0.429. The van der Waals surface area contributed by atoms with Gasteiger partial charge in [0.1, 0.15) is 0 Å². The van der Waals surface area contributed by atoms with E-state index in [1.807, 2.05) is 0 Å². The van der Waals surface area contributed by atoms with Crippen molar-refractivity contribution in [2.24, 2.45) is 0 Å². The normalized spacial score (nSPS) is 18.2. The predicted octanol–water partition coefficient (Wildman–Crippen LogP) is 3.63. The lowest BCUT2D eigenvalue weighted by molar-refractivity contribution is 0.156. The minimum atomic E-state index is 0.132. The molecule has 2 heteroatoms. The monoisotopic (exact) mass is 308 g/mol. The maximum Gasteiger partial charge on any atom is 0.0330 e. The summed E-state index contributed by atoms with van der Waals surface area (Å²) in [5.74, 6) is 0. The molecule has 0 saturated carbocycles. The molecule has 0 unspecified atom stereocenters. The highest BCUT2D eigenvalue weighted by atomic mass is 15.2. The summed E-state index contributed by atoms with van der Waals surface area (Å²) < 4.78 is 0. The van der Waals surface area contributed by atoms with Crippen LogP contribution in [-0.4, -0.2) is 50.1 Å². The summed E-state index contributed by atoms with van der Waals surface area (Å²) in [6, 6.07) is 22.2. The molecular weight excluding hydrogens is 280 g/mol. The van der Waals surface area contributed by atoms with Gasteiger partial charge in [-0.1, -0.05) is 60.7 Å². The van der Waals surface area contributed by atoms with Gasteiger partial charge in [0.05, 0.1) is 0 Å². The van der Waals surface area contributed by atoms with Crippen LogP contribution in [0.4, 0.5) is 0 Å². The van der Waals surface area contributed by atoms with Crippen LogP contribution in [0.2, 0.25) is 0 Å². The average Bonchev–Trinajstić information content (AvgIpc) is 2.61. The lowest BCUT2D eigenvalue weighted by Gasteiger charge is -2.44. The Morgan fingerprint density at radius 1 is 0.913 bits per heavy atom. The number of likely N-dealkylation sites (tertiary alicyclic amines) is 1. The number of hydrogen-bond acceptors (Lipinski definition) is 2. The van der Waals surface area contributed by atoms with E-state index in [0.717, 1.165) is 19.6 Å². The Morgan fingerprint density at radius 3 is 2.00 bits per heavy atom. The van der Waals surface area contributed by atoms with E-state index in [1.54, 1.807) is 0 Å². The topological polar surface area (TPSA) is 6.48 Å². The van der Waals surface area contributed by atoms with Crippen LogP contribution in [-0.2, 0) is 5.41 Å². The van der Waals surface area contributed by atoms with Gasteiger partial charge in [-0.25, -0.2) is 0 Å². The molecule has 3 rings (SSSR count). The van der Waals surface area contributed by atoms with E-state index in [2.05, 4.69) is 84.6 Å². The van der Waals surface area contributed by atoms with E-state index < -0.39 is 0 Å². The van der Waals surface area contributed by atoms with Gasteiger partial charge in [-0.2, -0.15) is 0 Å². The Labute approximate surface area is 140 Å². The molecule has 0 bridgehead atoms. The van der Waals surface area contributed by atoms with E-state index >= 15 is 0 Å². The quantitative estimate of drug-likeness (QED) is 0.832. The molecule has 0 radical (unpaired) electrons. The molecule has 0 aromatic heterocycles. The van der Waals surface area contributed by atoms with E-state index in [9.17, 15) is 0 Å². The maximum atomic E-state index is 2.64. The number of likely N-dealkylation sites (N-methyl/N-ethyl adjacent to an activating group) is 1. The van der Waals surface area contributed by atoms with Gasteiger partial charge in [-0.15, -0.1) is 0 Å². The van der Waals surface area contributed by atoms with Crippen LogP contribution in [0.5, 0.6) is 0 Å². The summed E-state index contributed by atoms with van der Waals surface area (Å²) in [5.41, 5.74) is 3.05. The maximum absolute atomic E-state index is 2.64. The van der Waals surface area contributed by atoms with Gasteiger partial charge in [-0.3, -0.25) is 0 Å². The molecule has 1 aliphatic heterocycles. The summed E-state index contributed by atoms with van der Waals surface area (Å²) in [5, 5.41) is 0. The third-order valence-electron chi connectivity index (χ3n) is 5.09. The molecule has 2 aromatic rings. The van der Waals surface area contributed by atoms with Crippen LogP contribution in [0.15, 0.2) is 60.7 Å². The largest absolute Gasteiger partial charge is 0.308 e. The van der Waals surface area contributed by atoms with Gasteiger partial charge in [0, 0.05) is 25.0 Å². The first-order chi connectivity index (χ1) is 11.2. The minimum absolute atomic E-state index is 0.132. The highest BCUT2D eigenvalue weighted by molar-refractivity contribution is 5.40. The number of piperidine rings is 1. The zero-order valence-electron chi connectivity index (χ0n) is 14.4. The molecule has 122 valence electrons. The second-order valence-electron chi connectivity index (χ2n) is 7.00. The van der Waals surface area contributed by atoms with E-state index in [-0.39, 0.29) is 5.41 Å². The van der Waals surface area contributed by atoms with Crippen molar-refractivity contribution in [3.05, 3.63) is 71.8 Å². The highest BCUT2D eigenvalue weighted by Gasteiger charge is 2.38. The van der Waals surface area contributed by atoms with Crippen LogP contribution < -0.4 is 0 Å². The summed E-state index contributed by atoms with van der Waals surface area (Å²) in [6.45, 7) is 4.61. The second kappa shape index (κ2) is 7.29. The van der Waals surface area contributed by atoms with Crippen molar-refractivity contribution in [1.82, 2.24) is 9.80 Å². The SMILES string of the molecule is CN(C)CCN1CCCC(c2ccccc2)(c2ccccc2)C1. The summed E-state index contributed by atoms with van der Waals surface area (Å²) in [7, 11) is 4.32. The van der Waals surface area contributed by atoms with E-state index in [0.29, 0.717) is 0 Å². The summed E-state index contributed by atoms with van der Waals surface area (Å²) >= 11 is 0. The Bertz CT molecular complexity index is 552. The van der Waals surface area contributed by atoms with Gasteiger partial charge in [0.25, 0.3) is 0 Å². The number of benzene rings is 2. The molecule has 23 heavy (non-hydrogen) atoms. The molecule has 0 atom stereocenters. The highest BCUT2D eigenvalue weighted by Crippen LogP contribution is 2.40. The third-order valence-corrected chi connectivity index (χ3v) is 5.09. The smallest absolute Gasteiger partial charge is 0.0330 e. The first-order valence-electron chi connectivity index (χ1n) is 8.69. The van der Waals surface area contributed by atoms with Crippen LogP contribution in [0, 0.1) is 0 Å². The second-order valence-corrected chi connectivity index (χ2v) is 7.00. The Kier molecular flexibility index (Phi) is 5.14. The fourth-order valence-corrected chi connectivity index (χ4v) is 3.83. The van der Waals surface area contributed by atoms with Crippen molar-refractivity contribution in [2.75, 3.05) is 40.3 Å². The molecule has 1 fully saturated rings. The van der Waals surface area contributed by atoms with Gasteiger partial charge < -0.3 is 9.80 Å². The predicted molar refractivity (Wildman–Crippen MR) is 97.9 cm³/mol. The van der Waals surface area contributed by atoms with Crippen molar-refractivity contribution in [3.8, 4) is 0 Å². The fourth-order valence-electron chi connectivity index (χ4n) is 3.83. The zero-order valence-corrected chi connectivity index (χ0v) is 14.4. The Hall–Kier alpha value is -1.64. The van der Waals surface area contributed by atoms with Gasteiger partial charge in [0.2, 0.25) is 0 Å². The summed E-state index contributed by atoms with van der Waals surface area (Å²) in [4.78, 5) is 4.92. The van der Waals surface area contributed by atoms with Crippen LogP contribution in [0.3, 0.4) is 0 Å². The van der Waals surface area contributed by atoms with Crippen molar-refractivity contribution in [3.63, 3.8) is 0 Å². The minimum Gasteiger partial charge on any atom is -0.308 e.